The van der Waals surface area contributed by atoms with Gasteiger partial charge in [0.2, 0.25) is 0 Å². The number of hydrogen-bond donors (Lipinski definition) is 4. The Labute approximate surface area is 202 Å². The van der Waals surface area contributed by atoms with Crippen molar-refractivity contribution >= 4 is 0 Å². The first-order valence-electron chi connectivity index (χ1n) is 11.8. The molecular weight excluding hydrogens is 428 g/mol. The zero-order valence-electron chi connectivity index (χ0n) is 19.6. The minimum atomic E-state index is -0.546. The summed E-state index contributed by atoms with van der Waals surface area (Å²) < 4.78 is 11.1. The molecule has 0 aromatic heterocycles. The molecule has 2 atom stereocenters. The Kier molecular flexibility index (Phi) is 11.8. The van der Waals surface area contributed by atoms with Crippen molar-refractivity contribution in [3.8, 4) is 0 Å². The summed E-state index contributed by atoms with van der Waals surface area (Å²) in [6.45, 7) is 3.92. The molecule has 0 amide bonds. The molecule has 4 N–H and O–H groups in total. The molecule has 0 aliphatic rings. The fraction of sp³-hybridized carbons (Fsp3) is 0.357. The quantitative estimate of drug-likeness (QED) is 0.261. The summed E-state index contributed by atoms with van der Waals surface area (Å²) in [7, 11) is 0. The van der Waals surface area contributed by atoms with Gasteiger partial charge in [0.1, 0.15) is 0 Å². The van der Waals surface area contributed by atoms with Gasteiger partial charge in [0.05, 0.1) is 38.6 Å². The summed E-state index contributed by atoms with van der Waals surface area (Å²) in [6.07, 6.45) is -1.09. The van der Waals surface area contributed by atoms with E-state index in [0.717, 1.165) is 22.3 Å². The first-order valence-corrected chi connectivity index (χ1v) is 11.8. The predicted molar refractivity (Wildman–Crippen MR) is 134 cm³/mol. The van der Waals surface area contributed by atoms with Crippen LogP contribution in [-0.4, -0.2) is 48.7 Å². The summed E-state index contributed by atoms with van der Waals surface area (Å²) in [4.78, 5) is 0. The lowest BCUT2D eigenvalue weighted by Gasteiger charge is -2.14. The Balaban J connectivity index is 1.22. The minimum Gasteiger partial charge on any atom is -0.389 e. The Morgan fingerprint density at radius 3 is 1.29 bits per heavy atom. The van der Waals surface area contributed by atoms with Crippen LogP contribution in [0.25, 0.3) is 0 Å². The van der Waals surface area contributed by atoms with Crippen molar-refractivity contribution in [2.45, 2.75) is 38.5 Å². The molecule has 0 radical (unpaired) electrons. The maximum absolute atomic E-state index is 10.1. The van der Waals surface area contributed by atoms with Crippen LogP contribution in [0.5, 0.6) is 0 Å². The Morgan fingerprint density at radius 2 is 0.912 bits per heavy atom. The number of benzene rings is 3. The van der Waals surface area contributed by atoms with Gasteiger partial charge >= 0.3 is 0 Å². The second-order valence-electron chi connectivity index (χ2n) is 8.39. The first kappa shape index (κ1) is 26.0. The van der Waals surface area contributed by atoms with Gasteiger partial charge < -0.3 is 30.3 Å². The smallest absolute Gasteiger partial charge is 0.0897 e. The highest BCUT2D eigenvalue weighted by Crippen LogP contribution is 2.05. The van der Waals surface area contributed by atoms with E-state index >= 15 is 0 Å². The number of hydrogen-bond acceptors (Lipinski definition) is 6. The highest BCUT2D eigenvalue weighted by molar-refractivity contribution is 5.22. The molecule has 6 nitrogen and oxygen atoms in total. The van der Waals surface area contributed by atoms with Gasteiger partial charge in [-0.2, -0.15) is 0 Å². The van der Waals surface area contributed by atoms with Crippen LogP contribution in [0.3, 0.4) is 0 Å². The maximum Gasteiger partial charge on any atom is 0.0897 e. The molecule has 182 valence electrons. The van der Waals surface area contributed by atoms with Gasteiger partial charge in [-0.25, -0.2) is 0 Å². The normalized spacial score (nSPS) is 13.0. The summed E-state index contributed by atoms with van der Waals surface area (Å²) in [5.74, 6) is 0. The van der Waals surface area contributed by atoms with Crippen molar-refractivity contribution in [3.63, 3.8) is 0 Å². The molecular formula is C28H36N2O4. The minimum absolute atomic E-state index is 0.301. The third-order valence-electron chi connectivity index (χ3n) is 5.28. The molecule has 0 saturated carbocycles. The van der Waals surface area contributed by atoms with Crippen LogP contribution >= 0.6 is 0 Å². The Bertz CT molecular complexity index is 830. The van der Waals surface area contributed by atoms with Gasteiger partial charge in [-0.15, -0.1) is 0 Å². The summed E-state index contributed by atoms with van der Waals surface area (Å²) in [6, 6.07) is 28.2. The van der Waals surface area contributed by atoms with Crippen LogP contribution in [0.1, 0.15) is 22.3 Å². The van der Waals surface area contributed by atoms with Crippen molar-refractivity contribution < 1.29 is 19.7 Å². The number of aliphatic hydroxyl groups is 2. The molecule has 0 fully saturated rings. The lowest BCUT2D eigenvalue weighted by atomic mass is 10.1. The summed E-state index contributed by atoms with van der Waals surface area (Å²) in [5, 5.41) is 26.7. The summed E-state index contributed by atoms with van der Waals surface area (Å²) in [5.41, 5.74) is 4.50. The third-order valence-corrected chi connectivity index (χ3v) is 5.28. The second kappa shape index (κ2) is 15.3. The van der Waals surface area contributed by atoms with Crippen molar-refractivity contribution in [1.29, 1.82) is 0 Å². The van der Waals surface area contributed by atoms with Gasteiger partial charge in [0.25, 0.3) is 0 Å². The summed E-state index contributed by atoms with van der Waals surface area (Å²) >= 11 is 0. The molecule has 34 heavy (non-hydrogen) atoms. The van der Waals surface area contributed by atoms with Gasteiger partial charge in [0.15, 0.2) is 0 Å². The number of nitrogens with one attached hydrogen (secondary N) is 2. The van der Waals surface area contributed by atoms with E-state index < -0.39 is 12.2 Å². The van der Waals surface area contributed by atoms with Crippen molar-refractivity contribution in [2.24, 2.45) is 0 Å². The standard InChI is InChI=1S/C28H36N2O4/c31-27(21-33-19-25-7-3-1-4-8-25)17-29-15-23-11-13-24(14-12-23)16-30-18-28(32)22-34-20-26-9-5-2-6-10-26/h1-14,27-32H,15-22H2/t27-,28-/m0/s1. The van der Waals surface area contributed by atoms with Crippen molar-refractivity contribution in [1.82, 2.24) is 10.6 Å². The third kappa shape index (κ3) is 10.6. The number of aliphatic hydroxyl groups excluding tert-OH is 2. The van der Waals surface area contributed by atoms with Crippen LogP contribution in [-0.2, 0) is 35.8 Å². The zero-order chi connectivity index (χ0) is 23.8. The van der Waals surface area contributed by atoms with E-state index in [-0.39, 0.29) is 0 Å². The molecule has 3 aromatic rings. The van der Waals surface area contributed by atoms with E-state index in [0.29, 0.717) is 52.6 Å². The SMILES string of the molecule is O[C@@H](CNCc1ccc(CNC[C@H](O)COCc2ccccc2)cc1)COCc1ccccc1. The molecule has 0 bridgehead atoms. The highest BCUT2D eigenvalue weighted by atomic mass is 16.5. The zero-order valence-corrected chi connectivity index (χ0v) is 19.6. The lowest BCUT2D eigenvalue weighted by molar-refractivity contribution is 0.0287. The van der Waals surface area contributed by atoms with E-state index in [1.165, 1.54) is 0 Å². The topological polar surface area (TPSA) is 83.0 Å². The molecule has 3 aromatic carbocycles. The molecule has 0 aliphatic carbocycles. The maximum atomic E-state index is 10.1. The van der Waals surface area contributed by atoms with E-state index in [4.69, 9.17) is 9.47 Å². The van der Waals surface area contributed by atoms with Crippen molar-refractivity contribution in [3.05, 3.63) is 107 Å². The van der Waals surface area contributed by atoms with Crippen LogP contribution in [0.15, 0.2) is 84.9 Å². The van der Waals surface area contributed by atoms with Crippen LogP contribution < -0.4 is 10.6 Å². The Morgan fingerprint density at radius 1 is 0.529 bits per heavy atom. The number of ether oxygens (including phenoxy) is 2. The molecule has 0 saturated heterocycles. The molecule has 3 rings (SSSR count). The predicted octanol–water partition coefficient (Wildman–Crippen LogP) is 3.02. The molecule has 0 aliphatic heterocycles. The fourth-order valence-corrected chi connectivity index (χ4v) is 3.43. The van der Waals surface area contributed by atoms with Crippen LogP contribution in [0.2, 0.25) is 0 Å². The van der Waals surface area contributed by atoms with Gasteiger partial charge in [-0.1, -0.05) is 84.9 Å². The van der Waals surface area contributed by atoms with Gasteiger partial charge in [0, 0.05) is 26.2 Å². The molecule has 6 heteroatoms. The van der Waals surface area contributed by atoms with Crippen LogP contribution in [0.4, 0.5) is 0 Å². The van der Waals surface area contributed by atoms with E-state index in [1.54, 1.807) is 0 Å². The highest BCUT2D eigenvalue weighted by Gasteiger charge is 2.06. The fourth-order valence-electron chi connectivity index (χ4n) is 3.43. The van der Waals surface area contributed by atoms with Crippen LogP contribution in [0, 0.1) is 0 Å². The van der Waals surface area contributed by atoms with Crippen molar-refractivity contribution in [2.75, 3.05) is 26.3 Å². The Hall–Kier alpha value is -2.58. The lowest BCUT2D eigenvalue weighted by Crippen LogP contribution is -2.30. The molecule has 0 unspecified atom stereocenters. The average molecular weight is 465 g/mol. The number of rotatable bonds is 16. The average Bonchev–Trinajstić information content (AvgIpc) is 2.86. The second-order valence-corrected chi connectivity index (χ2v) is 8.39. The van der Waals surface area contributed by atoms with E-state index in [2.05, 4.69) is 34.9 Å². The van der Waals surface area contributed by atoms with E-state index in [1.807, 2.05) is 60.7 Å². The first-order chi connectivity index (χ1) is 16.7. The largest absolute Gasteiger partial charge is 0.389 e. The van der Waals surface area contributed by atoms with Gasteiger partial charge in [-0.05, 0) is 22.3 Å². The monoisotopic (exact) mass is 464 g/mol. The molecule has 0 spiro atoms. The molecule has 0 heterocycles. The van der Waals surface area contributed by atoms with E-state index in [9.17, 15) is 10.2 Å². The van der Waals surface area contributed by atoms with Gasteiger partial charge in [-0.3, -0.25) is 0 Å².